The number of alkyl halides is 2. The van der Waals surface area contributed by atoms with Crippen LogP contribution in [0.3, 0.4) is 0 Å². The molecule has 6 aromatic rings. The molecular formula is C47H40F2N2O5. The van der Waals surface area contributed by atoms with Crippen molar-refractivity contribution in [1.82, 2.24) is 9.80 Å². The number of ether oxygens (including phenoxy) is 2. The molecule has 7 nitrogen and oxygen atoms in total. The van der Waals surface area contributed by atoms with Crippen molar-refractivity contribution in [1.29, 1.82) is 0 Å². The minimum Gasteiger partial charge on any atom is -0.423 e. The van der Waals surface area contributed by atoms with E-state index in [1.165, 1.54) is 9.80 Å². The third-order valence-electron chi connectivity index (χ3n) is 9.79. The number of esters is 2. The van der Waals surface area contributed by atoms with Gasteiger partial charge >= 0.3 is 18.0 Å². The zero-order valence-electron chi connectivity index (χ0n) is 30.5. The summed E-state index contributed by atoms with van der Waals surface area (Å²) in [5.41, 5.74) is 3.32. The lowest BCUT2D eigenvalue weighted by atomic mass is 9.91. The molecule has 282 valence electrons. The number of urea groups is 1. The Morgan fingerprint density at radius 1 is 0.482 bits per heavy atom. The first-order chi connectivity index (χ1) is 27.3. The number of rotatable bonds is 14. The Labute approximate surface area is 324 Å². The van der Waals surface area contributed by atoms with Gasteiger partial charge in [-0.2, -0.15) is 0 Å². The summed E-state index contributed by atoms with van der Waals surface area (Å²) in [6, 6.07) is 45.8. The van der Waals surface area contributed by atoms with Crippen molar-refractivity contribution >= 4 is 18.0 Å². The van der Waals surface area contributed by atoms with Crippen LogP contribution in [0.5, 0.6) is 11.5 Å². The fourth-order valence-electron chi connectivity index (χ4n) is 7.16. The average Bonchev–Trinajstić information content (AvgIpc) is 3.49. The van der Waals surface area contributed by atoms with Gasteiger partial charge in [0, 0.05) is 25.9 Å². The van der Waals surface area contributed by atoms with E-state index in [1.807, 2.05) is 60.7 Å². The SMILES string of the molecule is O=C(Oc1cccc(CN2C(=O)N(Cc3cccc(OC(=O)c4ccccc4)c3)[C@H]([C@@H](F)Cc3ccccc3)[C@H]2[C@@H](F)Cc2ccccc2)c1)c1ccccc1. The predicted octanol–water partition coefficient (Wildman–Crippen LogP) is 9.46. The van der Waals surface area contributed by atoms with E-state index in [-0.39, 0.29) is 37.4 Å². The van der Waals surface area contributed by atoms with Gasteiger partial charge in [0.05, 0.1) is 23.2 Å². The van der Waals surface area contributed by atoms with E-state index in [2.05, 4.69) is 0 Å². The molecule has 1 aliphatic heterocycles. The maximum atomic E-state index is 17.1. The highest BCUT2D eigenvalue weighted by Crippen LogP contribution is 2.36. The molecule has 7 rings (SSSR count). The van der Waals surface area contributed by atoms with Gasteiger partial charge in [0.1, 0.15) is 23.8 Å². The summed E-state index contributed by atoms with van der Waals surface area (Å²) in [6.07, 6.45) is -3.39. The fourth-order valence-corrected chi connectivity index (χ4v) is 7.16. The topological polar surface area (TPSA) is 76.2 Å². The zero-order chi connectivity index (χ0) is 38.9. The number of halogens is 2. The first-order valence-corrected chi connectivity index (χ1v) is 18.5. The lowest BCUT2D eigenvalue weighted by Crippen LogP contribution is -2.50. The monoisotopic (exact) mass is 750 g/mol. The Kier molecular flexibility index (Phi) is 11.9. The molecule has 0 aromatic heterocycles. The van der Waals surface area contributed by atoms with E-state index in [4.69, 9.17) is 9.47 Å². The second kappa shape index (κ2) is 17.7. The van der Waals surface area contributed by atoms with Crippen molar-refractivity contribution in [2.24, 2.45) is 0 Å². The van der Waals surface area contributed by atoms with Crippen molar-refractivity contribution in [2.75, 3.05) is 0 Å². The zero-order valence-corrected chi connectivity index (χ0v) is 30.5. The lowest BCUT2D eigenvalue weighted by molar-refractivity contribution is 0.0724. The highest BCUT2D eigenvalue weighted by molar-refractivity contribution is 5.91. The van der Waals surface area contributed by atoms with Gasteiger partial charge in [-0.15, -0.1) is 0 Å². The molecule has 0 spiro atoms. The van der Waals surface area contributed by atoms with Crippen molar-refractivity contribution < 1.29 is 32.6 Å². The van der Waals surface area contributed by atoms with Crippen LogP contribution in [-0.4, -0.2) is 52.2 Å². The van der Waals surface area contributed by atoms with Crippen LogP contribution in [-0.2, 0) is 25.9 Å². The molecule has 0 radical (unpaired) electrons. The van der Waals surface area contributed by atoms with Crippen molar-refractivity contribution in [3.8, 4) is 11.5 Å². The summed E-state index contributed by atoms with van der Waals surface area (Å²) in [6.45, 7) is -0.148. The maximum absolute atomic E-state index is 17.1. The number of hydrogen-bond acceptors (Lipinski definition) is 5. The summed E-state index contributed by atoms with van der Waals surface area (Å²) in [5, 5.41) is 0. The predicted molar refractivity (Wildman–Crippen MR) is 210 cm³/mol. The third kappa shape index (κ3) is 9.18. The summed E-state index contributed by atoms with van der Waals surface area (Å²) < 4.78 is 45.5. The van der Waals surface area contributed by atoms with E-state index in [1.54, 1.807) is 109 Å². The Morgan fingerprint density at radius 3 is 1.20 bits per heavy atom. The summed E-state index contributed by atoms with van der Waals surface area (Å²) >= 11 is 0. The molecule has 1 saturated heterocycles. The second-order valence-corrected chi connectivity index (χ2v) is 13.7. The largest absolute Gasteiger partial charge is 0.423 e. The van der Waals surface area contributed by atoms with Crippen molar-refractivity contribution in [3.63, 3.8) is 0 Å². The van der Waals surface area contributed by atoms with E-state index >= 15 is 8.78 Å². The van der Waals surface area contributed by atoms with Gasteiger partial charge in [-0.1, -0.05) is 121 Å². The van der Waals surface area contributed by atoms with Gasteiger partial charge in [-0.25, -0.2) is 23.2 Å². The molecule has 9 heteroatoms. The van der Waals surface area contributed by atoms with Gasteiger partial charge < -0.3 is 19.3 Å². The Balaban J connectivity index is 1.22. The minimum absolute atomic E-state index is 0.0443. The molecular weight excluding hydrogens is 711 g/mol. The standard InChI is InChI=1S/C47H40F2N2O5/c48-41(29-33-15-5-1-6-16-33)43-44(42(49)30-34-17-7-2-8-18-34)51(32-36-20-14-26-40(28-36)56-46(53)38-23-11-4-12-24-38)47(54)50(43)31-35-19-13-25-39(27-35)55-45(52)37-21-9-3-10-22-37/h1-28,41-44H,29-32H2/t41-,42-,43+,44+/m0/s1. The van der Waals surface area contributed by atoms with Crippen LogP contribution in [0.1, 0.15) is 43.0 Å². The first kappa shape index (κ1) is 37.7. The summed E-state index contributed by atoms with van der Waals surface area (Å²) in [4.78, 5) is 43.2. The Bertz CT molecular complexity index is 2080. The molecule has 1 heterocycles. The van der Waals surface area contributed by atoms with Gasteiger partial charge in [0.25, 0.3) is 0 Å². The van der Waals surface area contributed by atoms with Crippen LogP contribution < -0.4 is 9.47 Å². The number of amides is 2. The molecule has 0 N–H and O–H groups in total. The first-order valence-electron chi connectivity index (χ1n) is 18.5. The number of nitrogens with zero attached hydrogens (tertiary/aromatic N) is 2. The van der Waals surface area contributed by atoms with Crippen LogP contribution in [0.4, 0.5) is 13.6 Å². The normalized spacial score (nSPS) is 16.3. The van der Waals surface area contributed by atoms with E-state index in [0.29, 0.717) is 33.4 Å². The molecule has 0 saturated carbocycles. The second-order valence-electron chi connectivity index (χ2n) is 13.7. The highest BCUT2D eigenvalue weighted by Gasteiger charge is 2.52. The van der Waals surface area contributed by atoms with Crippen LogP contribution >= 0.6 is 0 Å². The molecule has 1 fully saturated rings. The molecule has 6 aromatic carbocycles. The van der Waals surface area contributed by atoms with Crippen LogP contribution in [0.15, 0.2) is 170 Å². The fraction of sp³-hybridized carbons (Fsp3) is 0.170. The Hall–Kier alpha value is -6.61. The molecule has 2 amide bonds. The highest BCUT2D eigenvalue weighted by atomic mass is 19.1. The molecule has 0 aliphatic carbocycles. The summed E-state index contributed by atoms with van der Waals surface area (Å²) in [7, 11) is 0. The lowest BCUT2D eigenvalue weighted by Gasteiger charge is -2.33. The molecule has 0 unspecified atom stereocenters. The van der Waals surface area contributed by atoms with Gasteiger partial charge in [0.2, 0.25) is 0 Å². The van der Waals surface area contributed by atoms with Crippen molar-refractivity contribution in [3.05, 3.63) is 203 Å². The average molecular weight is 751 g/mol. The van der Waals surface area contributed by atoms with E-state index in [0.717, 1.165) is 0 Å². The van der Waals surface area contributed by atoms with E-state index < -0.39 is 42.4 Å². The minimum atomic E-state index is -1.65. The van der Waals surface area contributed by atoms with Gasteiger partial charge in [-0.05, 0) is 70.8 Å². The van der Waals surface area contributed by atoms with Gasteiger partial charge in [0.15, 0.2) is 0 Å². The van der Waals surface area contributed by atoms with Crippen LogP contribution in [0, 0.1) is 0 Å². The smallest absolute Gasteiger partial charge is 0.343 e. The van der Waals surface area contributed by atoms with Crippen molar-refractivity contribution in [2.45, 2.75) is 50.4 Å². The number of carbonyl (C=O) groups excluding carboxylic acids is 3. The number of carbonyl (C=O) groups is 3. The number of benzene rings is 6. The molecule has 56 heavy (non-hydrogen) atoms. The maximum Gasteiger partial charge on any atom is 0.343 e. The molecule has 4 atom stereocenters. The summed E-state index contributed by atoms with van der Waals surface area (Å²) in [5.74, 6) is -0.589. The molecule has 0 bridgehead atoms. The Morgan fingerprint density at radius 2 is 0.821 bits per heavy atom. The third-order valence-corrected chi connectivity index (χ3v) is 9.79. The number of hydrogen-bond donors (Lipinski definition) is 0. The van der Waals surface area contributed by atoms with E-state index in [9.17, 15) is 14.4 Å². The van der Waals surface area contributed by atoms with Crippen LogP contribution in [0.25, 0.3) is 0 Å². The molecule has 1 aliphatic rings. The van der Waals surface area contributed by atoms with Gasteiger partial charge in [-0.3, -0.25) is 0 Å². The quantitative estimate of drug-likeness (QED) is 0.0820. The van der Waals surface area contributed by atoms with Crippen LogP contribution in [0.2, 0.25) is 0 Å².